The molecule has 3 aromatic rings. The third kappa shape index (κ3) is 4.39. The van der Waals surface area contributed by atoms with Crippen LogP contribution in [-0.2, 0) is 9.53 Å². The standard InChI is InChI=1S/C19H15N3O6/c1-12-8-15(22(25)26)6-7-16(12)21-18(23)10-27-19(24)14-4-2-13(3-5-14)17-9-20-11-28-17/h2-9,11H,10H2,1H3,(H,21,23). The van der Waals surface area contributed by atoms with Crippen LogP contribution in [0.3, 0.4) is 0 Å². The Balaban J connectivity index is 1.55. The van der Waals surface area contributed by atoms with Gasteiger partial charge < -0.3 is 14.5 Å². The number of amides is 1. The van der Waals surface area contributed by atoms with Crippen molar-refractivity contribution in [2.75, 3.05) is 11.9 Å². The van der Waals surface area contributed by atoms with E-state index in [9.17, 15) is 19.7 Å². The van der Waals surface area contributed by atoms with Crippen molar-refractivity contribution in [3.63, 3.8) is 0 Å². The van der Waals surface area contributed by atoms with Gasteiger partial charge in [-0.2, -0.15) is 0 Å². The number of aryl methyl sites for hydroxylation is 1. The van der Waals surface area contributed by atoms with E-state index in [0.717, 1.165) is 5.56 Å². The Hall–Kier alpha value is -4.01. The number of hydrogen-bond acceptors (Lipinski definition) is 7. The molecule has 0 saturated heterocycles. The van der Waals surface area contributed by atoms with Gasteiger partial charge in [-0.25, -0.2) is 9.78 Å². The Morgan fingerprint density at radius 3 is 2.57 bits per heavy atom. The van der Waals surface area contributed by atoms with Crippen molar-refractivity contribution in [2.24, 2.45) is 0 Å². The number of nitrogens with one attached hydrogen (secondary N) is 1. The summed E-state index contributed by atoms with van der Waals surface area (Å²) in [6.07, 6.45) is 2.86. The third-order valence-electron chi connectivity index (χ3n) is 3.87. The van der Waals surface area contributed by atoms with Crippen LogP contribution in [0.1, 0.15) is 15.9 Å². The van der Waals surface area contributed by atoms with Gasteiger partial charge >= 0.3 is 5.97 Å². The average Bonchev–Trinajstić information content (AvgIpc) is 3.22. The maximum absolute atomic E-state index is 12.1. The van der Waals surface area contributed by atoms with Crippen LogP contribution in [0.4, 0.5) is 11.4 Å². The number of ether oxygens (including phenoxy) is 1. The molecule has 1 aromatic heterocycles. The van der Waals surface area contributed by atoms with Crippen LogP contribution in [0.5, 0.6) is 0 Å². The van der Waals surface area contributed by atoms with Gasteiger partial charge in [-0.05, 0) is 30.7 Å². The van der Waals surface area contributed by atoms with Gasteiger partial charge in [0, 0.05) is 23.4 Å². The quantitative estimate of drug-likeness (QED) is 0.394. The Morgan fingerprint density at radius 2 is 1.96 bits per heavy atom. The van der Waals surface area contributed by atoms with Crippen molar-refractivity contribution >= 4 is 23.3 Å². The lowest BCUT2D eigenvalue weighted by atomic mass is 10.1. The minimum Gasteiger partial charge on any atom is -0.452 e. The van der Waals surface area contributed by atoms with Crippen molar-refractivity contribution in [1.29, 1.82) is 0 Å². The van der Waals surface area contributed by atoms with Gasteiger partial charge in [-0.3, -0.25) is 14.9 Å². The summed E-state index contributed by atoms with van der Waals surface area (Å²) in [7, 11) is 0. The van der Waals surface area contributed by atoms with Crippen LogP contribution in [0.25, 0.3) is 11.3 Å². The van der Waals surface area contributed by atoms with Crippen LogP contribution in [0.15, 0.2) is 59.5 Å². The van der Waals surface area contributed by atoms with Gasteiger partial charge in [0.05, 0.1) is 16.7 Å². The molecule has 1 N–H and O–H groups in total. The van der Waals surface area contributed by atoms with E-state index in [1.54, 1.807) is 37.4 Å². The van der Waals surface area contributed by atoms with Crippen molar-refractivity contribution in [3.8, 4) is 11.3 Å². The van der Waals surface area contributed by atoms with E-state index in [1.165, 1.54) is 24.6 Å². The fourth-order valence-corrected chi connectivity index (χ4v) is 2.43. The molecular formula is C19H15N3O6. The number of esters is 1. The number of oxazole rings is 1. The zero-order chi connectivity index (χ0) is 20.1. The number of nitro benzene ring substituents is 1. The highest BCUT2D eigenvalue weighted by Gasteiger charge is 2.13. The lowest BCUT2D eigenvalue weighted by molar-refractivity contribution is -0.384. The van der Waals surface area contributed by atoms with Crippen LogP contribution in [0.2, 0.25) is 0 Å². The Morgan fingerprint density at radius 1 is 1.21 bits per heavy atom. The van der Waals surface area contributed by atoms with Gasteiger partial charge in [0.2, 0.25) is 0 Å². The smallest absolute Gasteiger partial charge is 0.338 e. The molecule has 0 spiro atoms. The molecular weight excluding hydrogens is 366 g/mol. The van der Waals surface area contributed by atoms with Crippen LogP contribution < -0.4 is 5.32 Å². The average molecular weight is 381 g/mol. The molecule has 1 amide bonds. The fourth-order valence-electron chi connectivity index (χ4n) is 2.43. The van der Waals surface area contributed by atoms with Crippen LogP contribution >= 0.6 is 0 Å². The predicted molar refractivity (Wildman–Crippen MR) is 98.7 cm³/mol. The summed E-state index contributed by atoms with van der Waals surface area (Å²) in [6, 6.07) is 10.5. The van der Waals surface area contributed by atoms with Gasteiger partial charge in [0.1, 0.15) is 0 Å². The molecule has 0 atom stereocenters. The fraction of sp³-hybridized carbons (Fsp3) is 0.105. The monoisotopic (exact) mass is 381 g/mol. The number of carbonyl (C=O) groups is 2. The summed E-state index contributed by atoms with van der Waals surface area (Å²) in [5.41, 5.74) is 1.89. The lowest BCUT2D eigenvalue weighted by Gasteiger charge is -2.09. The van der Waals surface area contributed by atoms with E-state index >= 15 is 0 Å². The van der Waals surface area contributed by atoms with Crippen molar-refractivity contribution in [3.05, 3.63) is 76.3 Å². The SMILES string of the molecule is Cc1cc([N+](=O)[O-])ccc1NC(=O)COC(=O)c1ccc(-c2cnco2)cc1. The molecule has 142 valence electrons. The molecule has 9 heteroatoms. The summed E-state index contributed by atoms with van der Waals surface area (Å²) in [4.78, 5) is 38.1. The first kappa shape index (κ1) is 18.8. The number of rotatable bonds is 6. The normalized spacial score (nSPS) is 10.3. The summed E-state index contributed by atoms with van der Waals surface area (Å²) in [6.45, 7) is 1.14. The van der Waals surface area contributed by atoms with Crippen LogP contribution in [0, 0.1) is 17.0 Å². The molecule has 0 aliphatic carbocycles. The van der Waals surface area contributed by atoms with E-state index in [4.69, 9.17) is 9.15 Å². The van der Waals surface area contributed by atoms with E-state index in [0.29, 0.717) is 17.0 Å². The van der Waals surface area contributed by atoms with Crippen molar-refractivity contribution in [1.82, 2.24) is 4.98 Å². The Bertz CT molecular complexity index is 1010. The number of carbonyl (C=O) groups excluding carboxylic acids is 2. The molecule has 0 saturated carbocycles. The maximum Gasteiger partial charge on any atom is 0.338 e. The van der Waals surface area contributed by atoms with Crippen molar-refractivity contribution in [2.45, 2.75) is 6.92 Å². The van der Waals surface area contributed by atoms with Gasteiger partial charge in [0.15, 0.2) is 18.8 Å². The second kappa shape index (κ2) is 8.12. The molecule has 9 nitrogen and oxygen atoms in total. The van der Waals surface area contributed by atoms with E-state index in [2.05, 4.69) is 10.3 Å². The number of aromatic nitrogens is 1. The van der Waals surface area contributed by atoms with E-state index < -0.39 is 23.4 Å². The molecule has 0 radical (unpaired) electrons. The number of anilines is 1. The highest BCUT2D eigenvalue weighted by molar-refractivity contribution is 5.96. The second-order valence-corrected chi connectivity index (χ2v) is 5.82. The number of hydrogen-bond donors (Lipinski definition) is 1. The molecule has 0 bridgehead atoms. The van der Waals surface area contributed by atoms with Gasteiger partial charge in [0.25, 0.3) is 11.6 Å². The first-order valence-corrected chi connectivity index (χ1v) is 8.15. The van der Waals surface area contributed by atoms with E-state index in [1.807, 2.05) is 0 Å². The summed E-state index contributed by atoms with van der Waals surface area (Å²) in [5, 5.41) is 13.3. The third-order valence-corrected chi connectivity index (χ3v) is 3.87. The molecule has 0 unspecified atom stereocenters. The van der Waals surface area contributed by atoms with Crippen LogP contribution in [-0.4, -0.2) is 28.4 Å². The highest BCUT2D eigenvalue weighted by Crippen LogP contribution is 2.21. The predicted octanol–water partition coefficient (Wildman–Crippen LogP) is 3.35. The molecule has 0 aliphatic rings. The second-order valence-electron chi connectivity index (χ2n) is 5.82. The lowest BCUT2D eigenvalue weighted by Crippen LogP contribution is -2.21. The molecule has 0 aliphatic heterocycles. The zero-order valence-electron chi connectivity index (χ0n) is 14.7. The maximum atomic E-state index is 12.1. The number of nitro groups is 1. The molecule has 28 heavy (non-hydrogen) atoms. The molecule has 1 heterocycles. The summed E-state index contributed by atoms with van der Waals surface area (Å²) in [5.74, 6) is -0.638. The van der Waals surface area contributed by atoms with E-state index in [-0.39, 0.29) is 11.3 Å². The molecule has 0 fully saturated rings. The Kier molecular flexibility index (Phi) is 5.45. The van der Waals surface area contributed by atoms with Crippen molar-refractivity contribution < 1.29 is 23.7 Å². The first-order chi connectivity index (χ1) is 13.4. The molecule has 2 aromatic carbocycles. The zero-order valence-corrected chi connectivity index (χ0v) is 14.7. The Labute approximate surface area is 159 Å². The van der Waals surface area contributed by atoms with Gasteiger partial charge in [-0.1, -0.05) is 12.1 Å². The topological polar surface area (TPSA) is 125 Å². The molecule has 3 rings (SSSR count). The van der Waals surface area contributed by atoms with Gasteiger partial charge in [-0.15, -0.1) is 0 Å². The number of benzene rings is 2. The number of non-ortho nitro benzene ring substituents is 1. The first-order valence-electron chi connectivity index (χ1n) is 8.15. The highest BCUT2D eigenvalue weighted by atomic mass is 16.6. The summed E-state index contributed by atoms with van der Waals surface area (Å²) >= 11 is 0. The summed E-state index contributed by atoms with van der Waals surface area (Å²) < 4.78 is 10.2. The minimum atomic E-state index is -0.653. The largest absolute Gasteiger partial charge is 0.452 e. The number of nitrogens with zero attached hydrogens (tertiary/aromatic N) is 2. The minimum absolute atomic E-state index is 0.0734.